The molecule has 1 atom stereocenters. The van der Waals surface area contributed by atoms with E-state index in [4.69, 9.17) is 0 Å². The summed E-state index contributed by atoms with van der Waals surface area (Å²) in [6.45, 7) is 14.0. The van der Waals surface area contributed by atoms with Crippen molar-refractivity contribution in [2.45, 2.75) is 40.3 Å². The van der Waals surface area contributed by atoms with Crippen LogP contribution < -0.4 is 5.32 Å². The highest BCUT2D eigenvalue weighted by molar-refractivity contribution is 5.27. The van der Waals surface area contributed by atoms with Gasteiger partial charge in [-0.2, -0.15) is 5.10 Å². The number of hydrogen-bond acceptors (Lipinski definition) is 2. The summed E-state index contributed by atoms with van der Waals surface area (Å²) >= 11 is 0. The molecule has 3 heteroatoms. The van der Waals surface area contributed by atoms with Crippen molar-refractivity contribution in [3.63, 3.8) is 0 Å². The molecule has 84 valence electrons. The second-order valence-electron chi connectivity index (χ2n) is 3.82. The molecule has 1 unspecified atom stereocenters. The largest absolute Gasteiger partial charge is 0.307 e. The van der Waals surface area contributed by atoms with Gasteiger partial charge in [0.25, 0.3) is 0 Å². The zero-order valence-electron chi connectivity index (χ0n) is 10.2. The molecule has 1 rings (SSSR count). The van der Waals surface area contributed by atoms with Gasteiger partial charge in [-0.1, -0.05) is 6.08 Å². The van der Waals surface area contributed by atoms with Gasteiger partial charge in [0.2, 0.25) is 0 Å². The number of aromatic nitrogens is 2. The number of hydrogen-bond donors (Lipinski definition) is 1. The molecule has 1 heterocycles. The van der Waals surface area contributed by atoms with Crippen molar-refractivity contribution in [3.05, 3.63) is 29.6 Å². The lowest BCUT2D eigenvalue weighted by Crippen LogP contribution is -2.19. The van der Waals surface area contributed by atoms with Gasteiger partial charge < -0.3 is 5.32 Å². The van der Waals surface area contributed by atoms with Gasteiger partial charge >= 0.3 is 0 Å². The van der Waals surface area contributed by atoms with E-state index in [1.807, 2.05) is 6.08 Å². The lowest BCUT2D eigenvalue weighted by atomic mass is 10.1. The first-order valence-electron chi connectivity index (χ1n) is 5.50. The van der Waals surface area contributed by atoms with E-state index in [0.717, 1.165) is 18.8 Å². The van der Waals surface area contributed by atoms with Gasteiger partial charge in [0.15, 0.2) is 0 Å². The summed E-state index contributed by atoms with van der Waals surface area (Å²) in [5.41, 5.74) is 3.70. The van der Waals surface area contributed by atoms with E-state index in [2.05, 4.69) is 49.4 Å². The average Bonchev–Trinajstić information content (AvgIpc) is 2.50. The molecule has 0 amide bonds. The fourth-order valence-electron chi connectivity index (χ4n) is 2.01. The number of nitrogens with one attached hydrogen (secondary N) is 1. The Labute approximate surface area is 92.2 Å². The van der Waals surface area contributed by atoms with Crippen LogP contribution in [-0.2, 0) is 6.54 Å². The number of rotatable bonds is 5. The first kappa shape index (κ1) is 12.0. The van der Waals surface area contributed by atoms with E-state index in [0.29, 0.717) is 6.04 Å². The molecule has 3 nitrogen and oxygen atoms in total. The maximum atomic E-state index is 4.51. The van der Waals surface area contributed by atoms with Crippen molar-refractivity contribution < 1.29 is 0 Å². The Balaban J connectivity index is 2.92. The minimum absolute atomic E-state index is 0.336. The van der Waals surface area contributed by atoms with Gasteiger partial charge in [0.1, 0.15) is 0 Å². The minimum atomic E-state index is 0.336. The van der Waals surface area contributed by atoms with Crippen LogP contribution >= 0.6 is 0 Å². The molecular formula is C12H21N3. The Morgan fingerprint density at radius 2 is 2.20 bits per heavy atom. The molecule has 0 bridgehead atoms. The molecule has 0 saturated heterocycles. The van der Waals surface area contributed by atoms with E-state index in [-0.39, 0.29) is 0 Å². The summed E-state index contributed by atoms with van der Waals surface area (Å²) in [6, 6.07) is 0.336. The molecule has 1 N–H and O–H groups in total. The second kappa shape index (κ2) is 5.12. The van der Waals surface area contributed by atoms with E-state index in [9.17, 15) is 0 Å². The Morgan fingerprint density at radius 3 is 2.67 bits per heavy atom. The number of aryl methyl sites for hydroxylation is 2. The van der Waals surface area contributed by atoms with E-state index >= 15 is 0 Å². The molecule has 0 saturated carbocycles. The third kappa shape index (κ3) is 2.48. The Kier molecular flexibility index (Phi) is 4.09. The van der Waals surface area contributed by atoms with Crippen molar-refractivity contribution in [2.24, 2.45) is 0 Å². The highest BCUT2D eigenvalue weighted by Gasteiger charge is 2.15. The summed E-state index contributed by atoms with van der Waals surface area (Å²) in [6.07, 6.45) is 1.88. The predicted octanol–water partition coefficient (Wildman–Crippen LogP) is 2.36. The van der Waals surface area contributed by atoms with Gasteiger partial charge in [-0.3, -0.25) is 4.68 Å². The fraction of sp³-hybridized carbons (Fsp3) is 0.583. The first-order chi connectivity index (χ1) is 7.11. The Morgan fingerprint density at radius 1 is 1.53 bits per heavy atom. The molecule has 0 fully saturated rings. The summed E-state index contributed by atoms with van der Waals surface area (Å²) < 4.78 is 2.05. The quantitative estimate of drug-likeness (QED) is 0.751. The monoisotopic (exact) mass is 207 g/mol. The van der Waals surface area contributed by atoms with Crippen LogP contribution in [-0.4, -0.2) is 16.3 Å². The zero-order valence-corrected chi connectivity index (χ0v) is 10.2. The van der Waals surface area contributed by atoms with Crippen molar-refractivity contribution in [1.29, 1.82) is 0 Å². The van der Waals surface area contributed by atoms with Crippen molar-refractivity contribution in [3.8, 4) is 0 Å². The zero-order chi connectivity index (χ0) is 11.4. The van der Waals surface area contributed by atoms with E-state index < -0.39 is 0 Å². The summed E-state index contributed by atoms with van der Waals surface area (Å²) in [5.74, 6) is 0. The van der Waals surface area contributed by atoms with E-state index in [1.165, 1.54) is 11.3 Å². The van der Waals surface area contributed by atoms with Crippen LogP contribution in [0.2, 0.25) is 0 Å². The lowest BCUT2D eigenvalue weighted by Gasteiger charge is -2.13. The van der Waals surface area contributed by atoms with Gasteiger partial charge in [0.05, 0.1) is 5.69 Å². The minimum Gasteiger partial charge on any atom is -0.307 e. The van der Waals surface area contributed by atoms with Crippen LogP contribution in [0.5, 0.6) is 0 Å². The average molecular weight is 207 g/mol. The SMILES string of the molecule is C=CCNC(C)c1c(C)nn(CC)c1C. The normalized spacial score (nSPS) is 12.8. The van der Waals surface area contributed by atoms with Crippen molar-refractivity contribution in [1.82, 2.24) is 15.1 Å². The van der Waals surface area contributed by atoms with E-state index in [1.54, 1.807) is 0 Å². The summed E-state index contributed by atoms with van der Waals surface area (Å²) in [4.78, 5) is 0. The van der Waals surface area contributed by atoms with Gasteiger partial charge in [-0.05, 0) is 27.7 Å². The molecule has 1 aromatic heterocycles. The third-order valence-corrected chi connectivity index (χ3v) is 2.74. The Hall–Kier alpha value is -1.09. The molecule has 0 aliphatic heterocycles. The molecule has 0 aliphatic carbocycles. The van der Waals surface area contributed by atoms with Crippen LogP contribution in [0, 0.1) is 13.8 Å². The third-order valence-electron chi connectivity index (χ3n) is 2.74. The van der Waals surface area contributed by atoms with Gasteiger partial charge in [-0.15, -0.1) is 6.58 Å². The standard InChI is InChI=1S/C12H21N3/c1-6-8-13-9(3)12-10(4)14-15(7-2)11(12)5/h6,9,13H,1,7-8H2,2-5H3. The van der Waals surface area contributed by atoms with Crippen molar-refractivity contribution >= 4 is 0 Å². The molecule has 0 aliphatic rings. The highest BCUT2D eigenvalue weighted by Crippen LogP contribution is 2.20. The van der Waals surface area contributed by atoms with Crippen LogP contribution in [0.1, 0.15) is 36.8 Å². The smallest absolute Gasteiger partial charge is 0.0644 e. The van der Waals surface area contributed by atoms with Gasteiger partial charge in [0, 0.05) is 30.4 Å². The number of nitrogens with zero attached hydrogens (tertiary/aromatic N) is 2. The maximum Gasteiger partial charge on any atom is 0.0644 e. The summed E-state index contributed by atoms with van der Waals surface area (Å²) in [5, 5.41) is 7.90. The first-order valence-corrected chi connectivity index (χ1v) is 5.50. The molecule has 0 radical (unpaired) electrons. The highest BCUT2D eigenvalue weighted by atomic mass is 15.3. The topological polar surface area (TPSA) is 29.9 Å². The predicted molar refractivity (Wildman–Crippen MR) is 64.0 cm³/mol. The van der Waals surface area contributed by atoms with Crippen LogP contribution in [0.15, 0.2) is 12.7 Å². The second-order valence-corrected chi connectivity index (χ2v) is 3.82. The lowest BCUT2D eigenvalue weighted by molar-refractivity contribution is 0.602. The van der Waals surface area contributed by atoms with Crippen LogP contribution in [0.4, 0.5) is 0 Å². The molecule has 0 spiro atoms. The summed E-state index contributed by atoms with van der Waals surface area (Å²) in [7, 11) is 0. The maximum absolute atomic E-state index is 4.51. The molecule has 15 heavy (non-hydrogen) atoms. The van der Waals surface area contributed by atoms with Gasteiger partial charge in [-0.25, -0.2) is 0 Å². The Bertz CT molecular complexity index is 339. The molecule has 0 aromatic carbocycles. The molecular weight excluding hydrogens is 186 g/mol. The van der Waals surface area contributed by atoms with Crippen molar-refractivity contribution in [2.75, 3.05) is 6.54 Å². The van der Waals surface area contributed by atoms with Crippen LogP contribution in [0.25, 0.3) is 0 Å². The fourth-order valence-corrected chi connectivity index (χ4v) is 2.01. The molecule has 1 aromatic rings. The van der Waals surface area contributed by atoms with Crippen LogP contribution in [0.3, 0.4) is 0 Å².